The molecule has 0 heterocycles. The zero-order valence-corrected chi connectivity index (χ0v) is 34.0. The SMILES string of the molecule is CCCCCCCCCCCCCC(=O)OCCC[C@@H]1/C(=C(/C)C=O)CC[C@](C)(O)[C@@]1(C)CC/C=C(\C)[C@H](O)C/C=C(\C)CCC(O)C(C)(C)O. The standard InChI is InChI=1S/C44H78O7/c1-9-10-11-12-13-14-15-16-17-18-19-24-41(48)51-32-21-23-38-37(36(4)33-45)29-31-44(8,50)43(38,7)30-20-22-35(3)39(46)27-25-34(2)26-28-40(47)42(5,6)49/h22,25,33,38-40,46-47,49-50H,9-21,23-24,26-32H2,1-8H3/b34-25+,35-22+,37-36-/t38-,39-,40?,43+,44+/m1/s1. The molecule has 7 nitrogen and oxygen atoms in total. The molecule has 4 N–H and O–H groups in total. The van der Waals surface area contributed by atoms with E-state index in [1.165, 1.54) is 57.8 Å². The molecule has 1 rings (SSSR count). The Hall–Kier alpha value is -1.80. The molecule has 0 saturated heterocycles. The summed E-state index contributed by atoms with van der Waals surface area (Å²) >= 11 is 0. The lowest BCUT2D eigenvalue weighted by molar-refractivity contribution is -0.144. The van der Waals surface area contributed by atoms with Gasteiger partial charge in [-0.3, -0.25) is 9.59 Å². The van der Waals surface area contributed by atoms with Crippen LogP contribution >= 0.6 is 0 Å². The number of allylic oxidation sites excluding steroid dienone is 4. The average Bonchev–Trinajstić information content (AvgIpc) is 3.07. The number of carbonyl (C=O) groups excluding carboxylic acids is 2. The molecule has 1 fully saturated rings. The summed E-state index contributed by atoms with van der Waals surface area (Å²) in [5, 5.41) is 42.7. The van der Waals surface area contributed by atoms with Crippen LogP contribution in [0.3, 0.4) is 0 Å². The van der Waals surface area contributed by atoms with Gasteiger partial charge in [-0.2, -0.15) is 0 Å². The minimum atomic E-state index is -1.14. The van der Waals surface area contributed by atoms with Gasteiger partial charge in [-0.25, -0.2) is 0 Å². The fourth-order valence-corrected chi connectivity index (χ4v) is 7.62. The maximum atomic E-state index is 12.5. The molecule has 1 saturated carbocycles. The van der Waals surface area contributed by atoms with Gasteiger partial charge in [0.25, 0.3) is 0 Å². The number of unbranched alkanes of at least 4 members (excludes halogenated alkanes) is 10. The molecule has 51 heavy (non-hydrogen) atoms. The van der Waals surface area contributed by atoms with E-state index in [-0.39, 0.29) is 11.9 Å². The summed E-state index contributed by atoms with van der Waals surface area (Å²) in [4.78, 5) is 24.4. The molecule has 0 amide bonds. The first-order valence-corrected chi connectivity index (χ1v) is 20.4. The molecule has 296 valence electrons. The van der Waals surface area contributed by atoms with E-state index in [9.17, 15) is 30.0 Å². The van der Waals surface area contributed by atoms with Crippen LogP contribution in [0.2, 0.25) is 0 Å². The topological polar surface area (TPSA) is 124 Å². The van der Waals surface area contributed by atoms with Crippen molar-refractivity contribution in [1.82, 2.24) is 0 Å². The number of ether oxygens (including phenoxy) is 1. The van der Waals surface area contributed by atoms with Crippen molar-refractivity contribution in [3.63, 3.8) is 0 Å². The van der Waals surface area contributed by atoms with Crippen LogP contribution in [0.25, 0.3) is 0 Å². The normalized spacial score (nSPS) is 24.0. The van der Waals surface area contributed by atoms with E-state index in [1.807, 2.05) is 33.8 Å². The van der Waals surface area contributed by atoms with E-state index in [0.29, 0.717) is 64.4 Å². The average molecular weight is 719 g/mol. The molecule has 0 spiro atoms. The highest BCUT2D eigenvalue weighted by molar-refractivity contribution is 5.74. The Morgan fingerprint density at radius 1 is 0.922 bits per heavy atom. The minimum Gasteiger partial charge on any atom is -0.466 e. The van der Waals surface area contributed by atoms with Gasteiger partial charge in [0.15, 0.2) is 0 Å². The Morgan fingerprint density at radius 3 is 2.08 bits per heavy atom. The van der Waals surface area contributed by atoms with Crippen molar-refractivity contribution in [2.45, 2.75) is 214 Å². The smallest absolute Gasteiger partial charge is 0.305 e. The summed E-state index contributed by atoms with van der Waals surface area (Å²) < 4.78 is 5.63. The molecule has 1 unspecified atom stereocenters. The second kappa shape index (κ2) is 24.5. The van der Waals surface area contributed by atoms with Crippen LogP contribution in [0.5, 0.6) is 0 Å². The van der Waals surface area contributed by atoms with Gasteiger partial charge in [-0.1, -0.05) is 101 Å². The fraction of sp³-hybridized carbons (Fsp3) is 0.818. The Balaban J connectivity index is 2.69. The van der Waals surface area contributed by atoms with E-state index in [0.717, 1.165) is 47.8 Å². The lowest BCUT2D eigenvalue weighted by atomic mass is 9.54. The third-order valence-electron chi connectivity index (χ3n) is 11.8. The van der Waals surface area contributed by atoms with Crippen molar-refractivity contribution >= 4 is 12.3 Å². The second-order valence-corrected chi connectivity index (χ2v) is 16.7. The number of carbonyl (C=O) groups is 2. The lowest BCUT2D eigenvalue weighted by Crippen LogP contribution is -2.52. The monoisotopic (exact) mass is 719 g/mol. The maximum absolute atomic E-state index is 12.5. The van der Waals surface area contributed by atoms with Crippen LogP contribution < -0.4 is 0 Å². The largest absolute Gasteiger partial charge is 0.466 e. The van der Waals surface area contributed by atoms with Gasteiger partial charge in [0, 0.05) is 11.8 Å². The molecule has 1 aliphatic carbocycles. The van der Waals surface area contributed by atoms with Crippen LogP contribution in [-0.4, -0.2) is 62.7 Å². The Bertz CT molecular complexity index is 1100. The first kappa shape index (κ1) is 47.2. The second-order valence-electron chi connectivity index (χ2n) is 16.7. The molecule has 0 bridgehead atoms. The summed E-state index contributed by atoms with van der Waals surface area (Å²) in [6.45, 7) is 15.6. The van der Waals surface area contributed by atoms with Crippen LogP contribution in [0.1, 0.15) is 190 Å². The molecule has 0 aromatic rings. The third-order valence-corrected chi connectivity index (χ3v) is 11.8. The van der Waals surface area contributed by atoms with Gasteiger partial charge >= 0.3 is 5.97 Å². The molecule has 7 heteroatoms. The van der Waals surface area contributed by atoms with Crippen molar-refractivity contribution in [3.8, 4) is 0 Å². The van der Waals surface area contributed by atoms with Crippen LogP contribution in [0.4, 0.5) is 0 Å². The number of aldehydes is 1. The zero-order chi connectivity index (χ0) is 38.5. The molecule has 0 aromatic heterocycles. The van der Waals surface area contributed by atoms with E-state index >= 15 is 0 Å². The molecule has 0 aromatic carbocycles. The van der Waals surface area contributed by atoms with Crippen molar-refractivity contribution in [2.24, 2.45) is 11.3 Å². The minimum absolute atomic E-state index is 0.0275. The van der Waals surface area contributed by atoms with Gasteiger partial charge in [0.05, 0.1) is 30.0 Å². The summed E-state index contributed by atoms with van der Waals surface area (Å²) in [6.07, 6.45) is 23.2. The maximum Gasteiger partial charge on any atom is 0.305 e. The summed E-state index contributed by atoms with van der Waals surface area (Å²) in [5.41, 5.74) is 1.17. The Morgan fingerprint density at radius 2 is 1.51 bits per heavy atom. The van der Waals surface area contributed by atoms with Crippen molar-refractivity contribution in [2.75, 3.05) is 6.61 Å². The number of rotatable bonds is 27. The summed E-state index contributed by atoms with van der Waals surface area (Å²) in [7, 11) is 0. The fourth-order valence-electron chi connectivity index (χ4n) is 7.62. The van der Waals surface area contributed by atoms with E-state index in [1.54, 1.807) is 13.8 Å². The highest BCUT2D eigenvalue weighted by Crippen LogP contribution is 2.55. The number of aliphatic hydroxyl groups excluding tert-OH is 2. The van der Waals surface area contributed by atoms with Crippen LogP contribution in [0.15, 0.2) is 34.4 Å². The number of aliphatic hydroxyl groups is 4. The summed E-state index contributed by atoms with van der Waals surface area (Å²) in [5.74, 6) is -0.166. The molecular formula is C44H78O7. The Kier molecular flexibility index (Phi) is 22.7. The third kappa shape index (κ3) is 17.7. The van der Waals surface area contributed by atoms with Crippen molar-refractivity contribution < 1.29 is 34.8 Å². The number of hydrogen-bond acceptors (Lipinski definition) is 7. The van der Waals surface area contributed by atoms with Crippen molar-refractivity contribution in [3.05, 3.63) is 34.4 Å². The van der Waals surface area contributed by atoms with Gasteiger partial charge in [0.1, 0.15) is 6.29 Å². The summed E-state index contributed by atoms with van der Waals surface area (Å²) in [6, 6.07) is 0. The van der Waals surface area contributed by atoms with E-state index in [2.05, 4.69) is 19.9 Å². The van der Waals surface area contributed by atoms with Gasteiger partial charge in [-0.05, 0) is 123 Å². The molecule has 0 aliphatic heterocycles. The lowest BCUT2D eigenvalue weighted by Gasteiger charge is -2.53. The Labute approximate surface area is 312 Å². The number of hydrogen-bond donors (Lipinski definition) is 4. The molecule has 0 radical (unpaired) electrons. The number of esters is 1. The van der Waals surface area contributed by atoms with Gasteiger partial charge < -0.3 is 25.2 Å². The predicted octanol–water partition coefficient (Wildman–Crippen LogP) is 10.0. The zero-order valence-electron chi connectivity index (χ0n) is 34.0. The molecule has 5 atom stereocenters. The molecular weight excluding hydrogens is 640 g/mol. The highest BCUT2D eigenvalue weighted by Gasteiger charge is 2.52. The van der Waals surface area contributed by atoms with Crippen molar-refractivity contribution in [1.29, 1.82) is 0 Å². The van der Waals surface area contributed by atoms with E-state index in [4.69, 9.17) is 4.74 Å². The first-order valence-electron chi connectivity index (χ1n) is 20.4. The van der Waals surface area contributed by atoms with Crippen LogP contribution in [-0.2, 0) is 14.3 Å². The predicted molar refractivity (Wildman–Crippen MR) is 210 cm³/mol. The quantitative estimate of drug-likeness (QED) is 0.0219. The van der Waals surface area contributed by atoms with Crippen LogP contribution in [0, 0.1) is 11.3 Å². The highest BCUT2D eigenvalue weighted by atomic mass is 16.5. The molecule has 1 aliphatic rings. The first-order chi connectivity index (χ1) is 24.0. The van der Waals surface area contributed by atoms with Gasteiger partial charge in [-0.15, -0.1) is 0 Å². The van der Waals surface area contributed by atoms with Gasteiger partial charge in [0.2, 0.25) is 0 Å². The van der Waals surface area contributed by atoms with E-state index < -0.39 is 28.8 Å².